The summed E-state index contributed by atoms with van der Waals surface area (Å²) in [7, 11) is 0. The maximum absolute atomic E-state index is 12.7. The van der Waals surface area contributed by atoms with E-state index in [1.54, 1.807) is 12.1 Å². The first-order chi connectivity index (χ1) is 10.0. The van der Waals surface area contributed by atoms with Crippen molar-refractivity contribution in [3.63, 3.8) is 0 Å². The van der Waals surface area contributed by atoms with Crippen molar-refractivity contribution in [3.8, 4) is 0 Å². The molecule has 1 aromatic rings. The number of rotatable bonds is 3. The fourth-order valence-corrected chi connectivity index (χ4v) is 3.21. The molecule has 1 heterocycles. The highest BCUT2D eigenvalue weighted by Crippen LogP contribution is 2.28. The van der Waals surface area contributed by atoms with Crippen molar-refractivity contribution >= 4 is 27.5 Å². The summed E-state index contributed by atoms with van der Waals surface area (Å²) in [5.41, 5.74) is 0.328. The third-order valence-electron chi connectivity index (χ3n) is 4.00. The second-order valence-corrected chi connectivity index (χ2v) is 6.19. The van der Waals surface area contributed by atoms with Gasteiger partial charge < -0.3 is 4.90 Å². The Balaban J connectivity index is 2.29. The second-order valence-electron chi connectivity index (χ2n) is 5.33. The van der Waals surface area contributed by atoms with Gasteiger partial charge in [-0.25, -0.2) is 0 Å². The zero-order valence-corrected chi connectivity index (χ0v) is 13.6. The molecular weight excluding hydrogens is 336 g/mol. The fraction of sp³-hybridized carbons (Fsp3) is 0.533. The Morgan fingerprint density at radius 2 is 2.19 bits per heavy atom. The molecular formula is C15H19BrN2O3. The van der Waals surface area contributed by atoms with Crippen molar-refractivity contribution in [1.82, 2.24) is 4.90 Å². The molecule has 1 aromatic carbocycles. The topological polar surface area (TPSA) is 63.5 Å². The van der Waals surface area contributed by atoms with Crippen LogP contribution in [0.3, 0.4) is 0 Å². The van der Waals surface area contributed by atoms with E-state index in [1.807, 2.05) is 4.90 Å². The van der Waals surface area contributed by atoms with Crippen LogP contribution < -0.4 is 0 Å². The van der Waals surface area contributed by atoms with E-state index in [9.17, 15) is 14.9 Å². The van der Waals surface area contributed by atoms with Crippen LogP contribution in [0.5, 0.6) is 0 Å². The molecule has 1 saturated heterocycles. The number of benzene rings is 1. The van der Waals surface area contributed by atoms with E-state index in [0.29, 0.717) is 10.0 Å². The van der Waals surface area contributed by atoms with Gasteiger partial charge in [0.2, 0.25) is 0 Å². The number of amides is 1. The van der Waals surface area contributed by atoms with Crippen molar-refractivity contribution in [2.75, 3.05) is 6.54 Å². The number of hydrogen-bond donors (Lipinski definition) is 0. The van der Waals surface area contributed by atoms with Gasteiger partial charge in [-0.05, 0) is 47.3 Å². The highest BCUT2D eigenvalue weighted by molar-refractivity contribution is 9.10. The number of nitro groups is 1. The van der Waals surface area contributed by atoms with Gasteiger partial charge in [-0.15, -0.1) is 0 Å². The zero-order chi connectivity index (χ0) is 15.4. The number of carbonyl (C=O) groups excluding carboxylic acids is 1. The van der Waals surface area contributed by atoms with Crippen molar-refractivity contribution in [2.24, 2.45) is 0 Å². The van der Waals surface area contributed by atoms with Crippen LogP contribution in [-0.4, -0.2) is 28.3 Å². The Kier molecular flexibility index (Phi) is 5.33. The molecule has 1 aliphatic rings. The van der Waals surface area contributed by atoms with Gasteiger partial charge in [0.05, 0.1) is 9.40 Å². The molecule has 1 unspecified atom stereocenters. The Morgan fingerprint density at radius 3 is 2.86 bits per heavy atom. The van der Waals surface area contributed by atoms with Gasteiger partial charge in [0, 0.05) is 24.2 Å². The predicted octanol–water partition coefficient (Wildman–Crippen LogP) is 4.15. The summed E-state index contributed by atoms with van der Waals surface area (Å²) in [6, 6.07) is 4.83. The minimum absolute atomic E-state index is 0.0660. The average Bonchev–Trinajstić information content (AvgIpc) is 2.71. The van der Waals surface area contributed by atoms with Crippen LogP contribution in [0.15, 0.2) is 22.7 Å². The maximum Gasteiger partial charge on any atom is 0.284 e. The minimum atomic E-state index is -0.472. The molecule has 114 valence electrons. The van der Waals surface area contributed by atoms with Crippen LogP contribution in [0.4, 0.5) is 5.69 Å². The lowest BCUT2D eigenvalue weighted by Gasteiger charge is -2.29. The van der Waals surface area contributed by atoms with Gasteiger partial charge in [0.15, 0.2) is 0 Å². The lowest BCUT2D eigenvalue weighted by Crippen LogP contribution is -2.39. The number of nitrogens with zero attached hydrogens (tertiary/aromatic N) is 2. The summed E-state index contributed by atoms with van der Waals surface area (Å²) in [4.78, 5) is 25.1. The smallest absolute Gasteiger partial charge is 0.284 e. The summed E-state index contributed by atoms with van der Waals surface area (Å²) >= 11 is 3.15. The average molecular weight is 355 g/mol. The zero-order valence-electron chi connectivity index (χ0n) is 12.0. The van der Waals surface area contributed by atoms with Crippen LogP contribution in [0.2, 0.25) is 0 Å². The standard InChI is InChI=1S/C15H19BrN2O3/c1-2-12-6-4-3-5-9-17(12)15(19)11-7-8-13(16)14(10-11)18(20)21/h7-8,10,12H,2-6,9H2,1H3. The molecule has 5 nitrogen and oxygen atoms in total. The van der Waals surface area contributed by atoms with Crippen molar-refractivity contribution in [3.05, 3.63) is 38.3 Å². The van der Waals surface area contributed by atoms with Crippen LogP contribution >= 0.6 is 15.9 Å². The molecule has 0 spiro atoms. The van der Waals surface area contributed by atoms with Crippen molar-refractivity contribution < 1.29 is 9.72 Å². The predicted molar refractivity (Wildman–Crippen MR) is 84.4 cm³/mol. The molecule has 1 fully saturated rings. The molecule has 1 amide bonds. The summed E-state index contributed by atoms with van der Waals surface area (Å²) in [6.07, 6.45) is 5.22. The molecule has 1 atom stereocenters. The molecule has 0 N–H and O–H groups in total. The first kappa shape index (κ1) is 15.9. The van der Waals surface area contributed by atoms with E-state index in [-0.39, 0.29) is 17.6 Å². The third-order valence-corrected chi connectivity index (χ3v) is 4.67. The molecule has 0 saturated carbocycles. The highest BCUT2D eigenvalue weighted by atomic mass is 79.9. The van der Waals surface area contributed by atoms with Gasteiger partial charge in [0.1, 0.15) is 0 Å². The summed E-state index contributed by atoms with van der Waals surface area (Å²) in [5, 5.41) is 11.0. The van der Waals surface area contributed by atoms with E-state index in [2.05, 4.69) is 22.9 Å². The van der Waals surface area contributed by atoms with Gasteiger partial charge in [-0.1, -0.05) is 19.8 Å². The van der Waals surface area contributed by atoms with Crippen LogP contribution in [-0.2, 0) is 0 Å². The number of hydrogen-bond acceptors (Lipinski definition) is 3. The van der Waals surface area contributed by atoms with Gasteiger partial charge in [-0.3, -0.25) is 14.9 Å². The van der Waals surface area contributed by atoms with E-state index in [0.717, 1.165) is 38.6 Å². The van der Waals surface area contributed by atoms with Crippen molar-refractivity contribution in [1.29, 1.82) is 0 Å². The van der Waals surface area contributed by atoms with Gasteiger partial charge >= 0.3 is 0 Å². The lowest BCUT2D eigenvalue weighted by atomic mass is 10.1. The van der Waals surface area contributed by atoms with Gasteiger partial charge in [0.25, 0.3) is 11.6 Å². The van der Waals surface area contributed by atoms with Crippen LogP contribution in [0, 0.1) is 10.1 Å². The Labute approximate surface area is 132 Å². The van der Waals surface area contributed by atoms with E-state index < -0.39 is 4.92 Å². The number of likely N-dealkylation sites (tertiary alicyclic amines) is 1. The molecule has 0 aromatic heterocycles. The van der Waals surface area contributed by atoms with Crippen molar-refractivity contribution in [2.45, 2.75) is 45.1 Å². The second kappa shape index (κ2) is 7.02. The Bertz CT molecular complexity index is 548. The summed E-state index contributed by atoms with van der Waals surface area (Å²) in [6.45, 7) is 2.82. The first-order valence-corrected chi connectivity index (χ1v) is 8.08. The number of halogens is 1. The first-order valence-electron chi connectivity index (χ1n) is 7.29. The van der Waals surface area contributed by atoms with Crippen LogP contribution in [0.1, 0.15) is 49.4 Å². The largest absolute Gasteiger partial charge is 0.336 e. The quantitative estimate of drug-likeness (QED) is 0.604. The lowest BCUT2D eigenvalue weighted by molar-refractivity contribution is -0.385. The SMILES string of the molecule is CCC1CCCCCN1C(=O)c1ccc(Br)c([N+](=O)[O-])c1. The molecule has 0 bridgehead atoms. The molecule has 2 rings (SSSR count). The van der Waals surface area contributed by atoms with E-state index in [1.165, 1.54) is 6.07 Å². The van der Waals surface area contributed by atoms with E-state index in [4.69, 9.17) is 0 Å². The Hall–Kier alpha value is -1.43. The van der Waals surface area contributed by atoms with E-state index >= 15 is 0 Å². The Morgan fingerprint density at radius 1 is 1.43 bits per heavy atom. The molecule has 21 heavy (non-hydrogen) atoms. The molecule has 6 heteroatoms. The number of nitro benzene ring substituents is 1. The fourth-order valence-electron chi connectivity index (χ4n) is 2.82. The third kappa shape index (κ3) is 3.61. The minimum Gasteiger partial charge on any atom is -0.336 e. The van der Waals surface area contributed by atoms with Gasteiger partial charge in [-0.2, -0.15) is 0 Å². The normalized spacial score (nSPS) is 19.1. The maximum atomic E-state index is 12.7. The monoisotopic (exact) mass is 354 g/mol. The molecule has 0 aliphatic carbocycles. The van der Waals surface area contributed by atoms with Crippen LogP contribution in [0.25, 0.3) is 0 Å². The summed E-state index contributed by atoms with van der Waals surface area (Å²) < 4.78 is 0.395. The molecule has 0 radical (unpaired) electrons. The highest BCUT2D eigenvalue weighted by Gasteiger charge is 2.26. The summed E-state index contributed by atoms with van der Waals surface area (Å²) in [5.74, 6) is -0.0978. The molecule has 1 aliphatic heterocycles. The number of carbonyl (C=O) groups is 1.